The van der Waals surface area contributed by atoms with Crippen molar-refractivity contribution in [2.45, 2.75) is 34.3 Å². The van der Waals surface area contributed by atoms with Gasteiger partial charge in [-0.3, -0.25) is 4.79 Å². The van der Waals surface area contributed by atoms with E-state index in [-0.39, 0.29) is 18.4 Å². The molecule has 2 aromatic rings. The maximum atomic E-state index is 13.2. The predicted octanol–water partition coefficient (Wildman–Crippen LogP) is 4.98. The second-order valence-electron chi connectivity index (χ2n) is 7.86. The zero-order valence-electron chi connectivity index (χ0n) is 18.6. The van der Waals surface area contributed by atoms with E-state index in [1.165, 1.54) is 0 Å². The summed E-state index contributed by atoms with van der Waals surface area (Å²) in [5.41, 5.74) is 3.08. The van der Waals surface area contributed by atoms with Crippen molar-refractivity contribution < 1.29 is 19.1 Å². The third-order valence-electron chi connectivity index (χ3n) is 4.99. The van der Waals surface area contributed by atoms with Gasteiger partial charge >= 0.3 is 5.97 Å². The van der Waals surface area contributed by atoms with Crippen molar-refractivity contribution >= 4 is 18.0 Å². The van der Waals surface area contributed by atoms with Gasteiger partial charge in [0.1, 0.15) is 12.4 Å². The zero-order valence-corrected chi connectivity index (χ0v) is 18.6. The Kier molecular flexibility index (Phi) is 7.29. The summed E-state index contributed by atoms with van der Waals surface area (Å²) < 4.78 is 11.3. The first-order valence-electron chi connectivity index (χ1n) is 10.6. The molecule has 0 spiro atoms. The summed E-state index contributed by atoms with van der Waals surface area (Å²) in [5.74, 6) is 0.249. The van der Waals surface area contributed by atoms with Crippen LogP contribution in [0.2, 0.25) is 0 Å². The van der Waals surface area contributed by atoms with Crippen molar-refractivity contribution in [3.63, 3.8) is 0 Å². The van der Waals surface area contributed by atoms with Crippen LogP contribution in [0.1, 0.15) is 38.8 Å². The van der Waals surface area contributed by atoms with E-state index < -0.39 is 5.97 Å². The molecule has 0 atom stereocenters. The van der Waals surface area contributed by atoms with E-state index in [9.17, 15) is 9.59 Å². The van der Waals surface area contributed by atoms with Gasteiger partial charge in [-0.25, -0.2) is 4.79 Å². The van der Waals surface area contributed by atoms with Gasteiger partial charge in [-0.1, -0.05) is 62.4 Å². The van der Waals surface area contributed by atoms with Gasteiger partial charge in [-0.15, -0.1) is 0 Å². The van der Waals surface area contributed by atoms with Gasteiger partial charge in [-0.05, 0) is 37.5 Å². The highest BCUT2D eigenvalue weighted by Crippen LogP contribution is 2.34. The Morgan fingerprint density at radius 3 is 2.42 bits per heavy atom. The van der Waals surface area contributed by atoms with Crippen LogP contribution in [-0.2, 0) is 20.9 Å². The second-order valence-corrected chi connectivity index (χ2v) is 7.86. The lowest BCUT2D eigenvalue weighted by Gasteiger charge is -2.20. The van der Waals surface area contributed by atoms with Crippen LogP contribution >= 0.6 is 0 Å². The molecular formula is C26H29NO4. The van der Waals surface area contributed by atoms with Gasteiger partial charge in [0.15, 0.2) is 0 Å². The predicted molar refractivity (Wildman–Crippen MR) is 121 cm³/mol. The minimum atomic E-state index is -0.478. The molecule has 162 valence electrons. The maximum Gasteiger partial charge on any atom is 0.340 e. The largest absolute Gasteiger partial charge is 0.488 e. The van der Waals surface area contributed by atoms with E-state index in [0.29, 0.717) is 35.7 Å². The average molecular weight is 420 g/mol. The van der Waals surface area contributed by atoms with Crippen LogP contribution in [0.5, 0.6) is 5.75 Å². The topological polar surface area (TPSA) is 55.8 Å². The van der Waals surface area contributed by atoms with Crippen LogP contribution in [0.3, 0.4) is 0 Å². The fraction of sp³-hybridized carbons (Fsp3) is 0.308. The van der Waals surface area contributed by atoms with Crippen LogP contribution in [-0.4, -0.2) is 29.9 Å². The monoisotopic (exact) mass is 419 g/mol. The summed E-state index contributed by atoms with van der Waals surface area (Å²) in [6.07, 6.45) is 1.73. The Hall–Kier alpha value is -3.34. The zero-order chi connectivity index (χ0) is 22.4. The number of hydrogen-bond acceptors (Lipinski definition) is 4. The number of allylic oxidation sites excluding steroid dienone is 1. The third-order valence-corrected chi connectivity index (χ3v) is 4.99. The molecule has 0 radical (unpaired) electrons. The number of nitrogens with zero attached hydrogens (tertiary/aromatic N) is 1. The van der Waals surface area contributed by atoms with Gasteiger partial charge in [0.05, 0.1) is 17.8 Å². The molecular weight excluding hydrogens is 390 g/mol. The van der Waals surface area contributed by atoms with E-state index in [2.05, 4.69) is 0 Å². The number of esters is 1. The normalized spacial score (nSPS) is 15.2. The second kappa shape index (κ2) is 10.1. The molecule has 0 fully saturated rings. The van der Waals surface area contributed by atoms with Crippen LogP contribution in [0.15, 0.2) is 71.4 Å². The molecule has 5 nitrogen and oxygen atoms in total. The van der Waals surface area contributed by atoms with Crippen LogP contribution in [0.25, 0.3) is 6.08 Å². The summed E-state index contributed by atoms with van der Waals surface area (Å²) >= 11 is 0. The van der Waals surface area contributed by atoms with Crippen molar-refractivity contribution in [2.75, 3.05) is 13.2 Å². The molecule has 0 unspecified atom stereocenters. The van der Waals surface area contributed by atoms with Gasteiger partial charge in [0.25, 0.3) is 5.91 Å². The molecule has 2 aromatic carbocycles. The Morgan fingerprint density at radius 1 is 1.06 bits per heavy atom. The van der Waals surface area contributed by atoms with Crippen molar-refractivity contribution in [3.8, 4) is 5.75 Å². The number of para-hydroxylation sites is 1. The molecule has 0 saturated carbocycles. The van der Waals surface area contributed by atoms with Crippen LogP contribution in [0.4, 0.5) is 0 Å². The van der Waals surface area contributed by atoms with Gasteiger partial charge < -0.3 is 14.4 Å². The summed E-state index contributed by atoms with van der Waals surface area (Å²) in [6.45, 7) is 8.83. The summed E-state index contributed by atoms with van der Waals surface area (Å²) in [6, 6.07) is 17.4. The molecule has 3 rings (SSSR count). The van der Waals surface area contributed by atoms with E-state index >= 15 is 0 Å². The first-order chi connectivity index (χ1) is 14.9. The molecule has 0 N–H and O–H groups in total. The summed E-state index contributed by atoms with van der Waals surface area (Å²) in [7, 11) is 0. The van der Waals surface area contributed by atoms with Crippen molar-refractivity contribution in [3.05, 3.63) is 82.6 Å². The minimum Gasteiger partial charge on any atom is -0.488 e. The van der Waals surface area contributed by atoms with Crippen molar-refractivity contribution in [1.29, 1.82) is 0 Å². The summed E-state index contributed by atoms with van der Waals surface area (Å²) in [4.78, 5) is 27.6. The van der Waals surface area contributed by atoms with E-state index in [1.807, 2.05) is 68.4 Å². The van der Waals surface area contributed by atoms with Crippen LogP contribution in [0, 0.1) is 5.92 Å². The number of rotatable bonds is 8. The number of hydrogen-bond donors (Lipinski definition) is 0. The number of carbonyl (C=O) groups is 2. The lowest BCUT2D eigenvalue weighted by Crippen LogP contribution is -2.28. The third kappa shape index (κ3) is 5.23. The standard InChI is InChI=1S/C26H29NO4/c1-5-30-26(29)24-19(4)27(16-18(2)3)25(28)22(24)15-21-13-9-10-14-23(21)31-17-20-11-7-6-8-12-20/h6-15,18H,5,16-17H2,1-4H3/b22-15+. The molecule has 1 aliphatic rings. The van der Waals surface area contributed by atoms with E-state index in [0.717, 1.165) is 11.1 Å². The Labute approximate surface area is 184 Å². The Balaban J connectivity index is 1.97. The van der Waals surface area contributed by atoms with Crippen molar-refractivity contribution in [1.82, 2.24) is 4.90 Å². The van der Waals surface area contributed by atoms with Crippen molar-refractivity contribution in [2.24, 2.45) is 5.92 Å². The summed E-state index contributed by atoms with van der Waals surface area (Å²) in [5, 5.41) is 0. The van der Waals surface area contributed by atoms with Gasteiger partial charge in [0.2, 0.25) is 0 Å². The number of ether oxygens (including phenoxy) is 2. The molecule has 31 heavy (non-hydrogen) atoms. The molecule has 1 amide bonds. The molecule has 1 heterocycles. The fourth-order valence-electron chi connectivity index (χ4n) is 3.54. The Bertz CT molecular complexity index is 1010. The van der Waals surface area contributed by atoms with Crippen LogP contribution < -0.4 is 4.74 Å². The van der Waals surface area contributed by atoms with Gasteiger partial charge in [-0.2, -0.15) is 0 Å². The highest BCUT2D eigenvalue weighted by atomic mass is 16.5. The first kappa shape index (κ1) is 22.3. The smallest absolute Gasteiger partial charge is 0.340 e. The highest BCUT2D eigenvalue weighted by Gasteiger charge is 2.37. The molecule has 0 saturated heterocycles. The molecule has 0 bridgehead atoms. The molecule has 5 heteroatoms. The lowest BCUT2D eigenvalue weighted by atomic mass is 10.0. The number of carbonyl (C=O) groups excluding carboxylic acids is 2. The first-order valence-corrected chi connectivity index (χ1v) is 10.6. The molecule has 0 aliphatic carbocycles. The van der Waals surface area contributed by atoms with Gasteiger partial charge in [0, 0.05) is 17.8 Å². The minimum absolute atomic E-state index is 0.188. The SMILES string of the molecule is CCOC(=O)C1=C(C)N(CC(C)C)C(=O)/C1=C/c1ccccc1OCc1ccccc1. The van der Waals surface area contributed by atoms with E-state index in [1.54, 1.807) is 24.8 Å². The highest BCUT2D eigenvalue weighted by molar-refractivity contribution is 6.16. The fourth-order valence-corrected chi connectivity index (χ4v) is 3.54. The Morgan fingerprint density at radius 2 is 1.74 bits per heavy atom. The average Bonchev–Trinajstić information content (AvgIpc) is 2.98. The van der Waals surface area contributed by atoms with E-state index in [4.69, 9.17) is 9.47 Å². The quantitative estimate of drug-likeness (QED) is 0.447. The molecule has 0 aromatic heterocycles. The maximum absolute atomic E-state index is 13.2. The number of amides is 1. The lowest BCUT2D eigenvalue weighted by molar-refractivity contribution is -0.138. The molecule has 1 aliphatic heterocycles. The number of benzene rings is 2.